The molecule has 27 heavy (non-hydrogen) atoms. The number of fused-ring (bicyclic) bond motifs is 1. The average molecular weight is 380 g/mol. The van der Waals surface area contributed by atoms with Crippen LogP contribution in [0.1, 0.15) is 25.8 Å². The van der Waals surface area contributed by atoms with Gasteiger partial charge in [0.25, 0.3) is 0 Å². The van der Waals surface area contributed by atoms with Gasteiger partial charge >= 0.3 is 0 Å². The summed E-state index contributed by atoms with van der Waals surface area (Å²) < 4.78 is 0. The molecular formula is C20H20N4O2S. The average Bonchev–Trinajstić information content (AvgIpc) is 2.65. The van der Waals surface area contributed by atoms with E-state index in [0.717, 1.165) is 35.9 Å². The van der Waals surface area contributed by atoms with E-state index in [9.17, 15) is 20.1 Å². The van der Waals surface area contributed by atoms with Gasteiger partial charge in [0.05, 0.1) is 28.5 Å². The van der Waals surface area contributed by atoms with Gasteiger partial charge in [-0.1, -0.05) is 43.8 Å². The molecule has 138 valence electrons. The minimum atomic E-state index is -0.929. The summed E-state index contributed by atoms with van der Waals surface area (Å²) in [6, 6.07) is 12.0. The minimum absolute atomic E-state index is 0.0635. The Morgan fingerprint density at radius 1 is 1.37 bits per heavy atom. The zero-order chi connectivity index (χ0) is 19.6. The molecule has 2 amide bonds. The molecule has 0 bridgehead atoms. The van der Waals surface area contributed by atoms with Gasteiger partial charge in [0.2, 0.25) is 11.8 Å². The van der Waals surface area contributed by atoms with E-state index in [1.807, 2.05) is 30.3 Å². The molecule has 2 heterocycles. The molecule has 0 aromatic heterocycles. The molecule has 6 nitrogen and oxygen atoms in total. The highest BCUT2D eigenvalue weighted by atomic mass is 32.2. The van der Waals surface area contributed by atoms with Crippen LogP contribution in [0.25, 0.3) is 0 Å². The first-order chi connectivity index (χ1) is 12.9. The standard InChI is InChI=1S/C20H20N4O2S/c1-20(2)14(10-21)18(26)23-19(15(20)11-22)27-12-17(25)24-9-5-7-13-6-3-4-8-16(13)24/h3-4,6,8,14H,5,7,9,12H2,1-2H3,(H,23,26)/t14-/m1/s1. The molecule has 0 saturated heterocycles. The van der Waals surface area contributed by atoms with Gasteiger partial charge in [0, 0.05) is 17.6 Å². The van der Waals surface area contributed by atoms with Crippen LogP contribution in [0.15, 0.2) is 34.9 Å². The number of carbonyl (C=O) groups is 2. The Labute approximate surface area is 162 Å². The summed E-state index contributed by atoms with van der Waals surface area (Å²) in [5.74, 6) is -1.31. The highest BCUT2D eigenvalue weighted by Gasteiger charge is 2.44. The highest BCUT2D eigenvalue weighted by Crippen LogP contribution is 2.42. The molecule has 1 atom stereocenters. The Kier molecular flexibility index (Phi) is 5.25. The molecule has 0 radical (unpaired) electrons. The van der Waals surface area contributed by atoms with Gasteiger partial charge in [-0.05, 0) is 24.5 Å². The van der Waals surface area contributed by atoms with Crippen molar-refractivity contribution in [2.45, 2.75) is 26.7 Å². The smallest absolute Gasteiger partial charge is 0.243 e. The minimum Gasteiger partial charge on any atom is -0.319 e. The number of amides is 2. The number of aryl methyl sites for hydroxylation is 1. The first-order valence-electron chi connectivity index (χ1n) is 8.76. The Morgan fingerprint density at radius 3 is 2.81 bits per heavy atom. The number of benzene rings is 1. The first kappa shape index (κ1) is 19.0. The molecule has 2 aliphatic rings. The molecule has 0 fully saturated rings. The molecule has 0 aliphatic carbocycles. The molecule has 1 aromatic rings. The number of hydrogen-bond acceptors (Lipinski definition) is 5. The number of para-hydroxylation sites is 1. The number of allylic oxidation sites excluding steroid dienone is 1. The van der Waals surface area contributed by atoms with Gasteiger partial charge in [-0.15, -0.1) is 0 Å². The fourth-order valence-electron chi connectivity index (χ4n) is 3.54. The monoisotopic (exact) mass is 380 g/mol. The van der Waals surface area contributed by atoms with Gasteiger partial charge < -0.3 is 10.2 Å². The van der Waals surface area contributed by atoms with E-state index >= 15 is 0 Å². The number of nitrogens with zero attached hydrogens (tertiary/aromatic N) is 3. The first-order valence-corrected chi connectivity index (χ1v) is 9.75. The number of anilines is 1. The number of nitriles is 2. The molecule has 1 N–H and O–H groups in total. The molecule has 1 aromatic carbocycles. The van der Waals surface area contributed by atoms with E-state index in [0.29, 0.717) is 17.1 Å². The van der Waals surface area contributed by atoms with Crippen molar-refractivity contribution in [2.75, 3.05) is 17.2 Å². The van der Waals surface area contributed by atoms with Crippen molar-refractivity contribution in [3.8, 4) is 12.1 Å². The van der Waals surface area contributed by atoms with E-state index in [2.05, 4.69) is 11.4 Å². The van der Waals surface area contributed by atoms with Gasteiger partial charge in [-0.25, -0.2) is 0 Å². The summed E-state index contributed by atoms with van der Waals surface area (Å²) in [6.45, 7) is 4.08. The van der Waals surface area contributed by atoms with Gasteiger partial charge in [-0.2, -0.15) is 10.5 Å². The van der Waals surface area contributed by atoms with Crippen LogP contribution in [0.4, 0.5) is 5.69 Å². The van der Waals surface area contributed by atoms with Crippen molar-refractivity contribution in [3.05, 3.63) is 40.4 Å². The third-order valence-corrected chi connectivity index (χ3v) is 6.07. The van der Waals surface area contributed by atoms with Crippen LogP contribution in [0, 0.1) is 34.0 Å². The van der Waals surface area contributed by atoms with E-state index in [4.69, 9.17) is 0 Å². The lowest BCUT2D eigenvalue weighted by Crippen LogP contribution is -2.45. The largest absolute Gasteiger partial charge is 0.319 e. The second kappa shape index (κ2) is 7.46. The van der Waals surface area contributed by atoms with E-state index in [1.54, 1.807) is 18.7 Å². The summed E-state index contributed by atoms with van der Waals surface area (Å²) in [5, 5.41) is 21.8. The van der Waals surface area contributed by atoms with Crippen LogP contribution < -0.4 is 10.2 Å². The zero-order valence-electron chi connectivity index (χ0n) is 15.3. The second-order valence-corrected chi connectivity index (χ2v) is 8.14. The molecule has 0 saturated carbocycles. The Balaban J connectivity index is 1.80. The summed E-state index contributed by atoms with van der Waals surface area (Å²) in [5.41, 5.74) is 1.53. The van der Waals surface area contributed by atoms with Gasteiger partial charge in [0.15, 0.2) is 0 Å². The number of nitrogens with one attached hydrogen (secondary N) is 1. The highest BCUT2D eigenvalue weighted by molar-refractivity contribution is 8.03. The van der Waals surface area contributed by atoms with Crippen molar-refractivity contribution in [1.29, 1.82) is 10.5 Å². The molecule has 3 rings (SSSR count). The van der Waals surface area contributed by atoms with Crippen LogP contribution in [0.3, 0.4) is 0 Å². The van der Waals surface area contributed by atoms with Crippen LogP contribution >= 0.6 is 11.8 Å². The Hall–Kier alpha value is -2.77. The number of rotatable bonds is 3. The van der Waals surface area contributed by atoms with E-state index in [-0.39, 0.29) is 11.7 Å². The molecular weight excluding hydrogens is 360 g/mol. The van der Waals surface area contributed by atoms with Crippen LogP contribution in [-0.2, 0) is 16.0 Å². The molecule has 2 aliphatic heterocycles. The summed E-state index contributed by atoms with van der Waals surface area (Å²) in [7, 11) is 0. The topological polar surface area (TPSA) is 97.0 Å². The fourth-order valence-corrected chi connectivity index (χ4v) is 4.59. The molecule has 0 unspecified atom stereocenters. The van der Waals surface area contributed by atoms with Crippen molar-refractivity contribution in [3.63, 3.8) is 0 Å². The maximum atomic E-state index is 12.8. The lowest BCUT2D eigenvalue weighted by Gasteiger charge is -2.35. The van der Waals surface area contributed by atoms with Crippen molar-refractivity contribution in [1.82, 2.24) is 5.32 Å². The maximum Gasteiger partial charge on any atom is 0.243 e. The number of carbonyl (C=O) groups excluding carboxylic acids is 2. The van der Waals surface area contributed by atoms with E-state index in [1.165, 1.54) is 0 Å². The summed E-state index contributed by atoms with van der Waals surface area (Å²) >= 11 is 1.15. The van der Waals surface area contributed by atoms with Crippen LogP contribution in [0.2, 0.25) is 0 Å². The van der Waals surface area contributed by atoms with E-state index < -0.39 is 17.2 Å². The second-order valence-electron chi connectivity index (χ2n) is 7.16. The lowest BCUT2D eigenvalue weighted by molar-refractivity contribution is -0.125. The molecule has 0 spiro atoms. The quantitative estimate of drug-likeness (QED) is 0.870. The van der Waals surface area contributed by atoms with Gasteiger partial charge in [0.1, 0.15) is 5.92 Å². The zero-order valence-corrected chi connectivity index (χ0v) is 16.1. The lowest BCUT2D eigenvalue weighted by atomic mass is 9.72. The Bertz CT molecular complexity index is 907. The summed E-state index contributed by atoms with van der Waals surface area (Å²) in [4.78, 5) is 26.8. The molecule has 7 heteroatoms. The fraction of sp³-hybridized carbons (Fsp3) is 0.400. The summed E-state index contributed by atoms with van der Waals surface area (Å²) in [6.07, 6.45) is 1.86. The normalized spacial score (nSPS) is 21.0. The van der Waals surface area contributed by atoms with Crippen LogP contribution in [0.5, 0.6) is 0 Å². The van der Waals surface area contributed by atoms with Gasteiger partial charge in [-0.3, -0.25) is 9.59 Å². The third kappa shape index (κ3) is 3.43. The van der Waals surface area contributed by atoms with Crippen LogP contribution in [-0.4, -0.2) is 24.1 Å². The van der Waals surface area contributed by atoms with Crippen molar-refractivity contribution < 1.29 is 9.59 Å². The Morgan fingerprint density at radius 2 is 2.11 bits per heavy atom. The third-order valence-electron chi connectivity index (χ3n) is 5.08. The number of thioether (sulfide) groups is 1. The maximum absolute atomic E-state index is 12.8. The predicted octanol–water partition coefficient (Wildman–Crippen LogP) is 2.73. The van der Waals surface area contributed by atoms with Crippen molar-refractivity contribution >= 4 is 29.3 Å². The predicted molar refractivity (Wildman–Crippen MR) is 103 cm³/mol. The number of hydrogen-bond donors (Lipinski definition) is 1. The SMILES string of the molecule is CC1(C)C(C#N)=C(SCC(=O)N2CCCc3ccccc32)NC(=O)[C@H]1C#N. The van der Waals surface area contributed by atoms with Crippen molar-refractivity contribution in [2.24, 2.45) is 11.3 Å².